The zero-order valence-electron chi connectivity index (χ0n) is 34.6. The van der Waals surface area contributed by atoms with Crippen LogP contribution in [-0.4, -0.2) is 120 Å². The van der Waals surface area contributed by atoms with E-state index in [1.165, 1.54) is 0 Å². The number of nitrogens with zero attached hydrogens (tertiary/aromatic N) is 6. The molecule has 0 bridgehead atoms. The molecule has 2 aromatic rings. The van der Waals surface area contributed by atoms with Gasteiger partial charge in [0.25, 0.3) is 0 Å². The fourth-order valence-electron chi connectivity index (χ4n) is 7.92. The Morgan fingerprint density at radius 3 is 1.32 bits per heavy atom. The molecule has 2 atom stereocenters. The Labute approximate surface area is 347 Å². The number of halogens is 2. The van der Waals surface area contributed by atoms with Crippen molar-refractivity contribution in [2.75, 3.05) is 74.1 Å². The van der Waals surface area contributed by atoms with Gasteiger partial charge in [0.15, 0.2) is 23.3 Å². The van der Waals surface area contributed by atoms with Gasteiger partial charge in [0.1, 0.15) is 11.6 Å². The fraction of sp³-hybridized carbons (Fsp3) is 0.684. The average Bonchev–Trinajstić information content (AvgIpc) is 3.90. The number of ether oxygens (including phenoxy) is 2. The van der Waals surface area contributed by atoms with Crippen LogP contribution in [0.5, 0.6) is 0 Å². The molecular weight excluding hydrogens is 790 g/mol. The minimum absolute atomic E-state index is 0.00205. The van der Waals surface area contributed by atoms with Gasteiger partial charge in [-0.15, -0.1) is 0 Å². The SMILES string of the molecule is COC1CN(c2nc(C)nc(NNC(=O)[C@@H](CNC(=O)O)CC3CCCC3)c2F)C1.COC1CN(c2nc(C)nc(NNC(=O)[C@@H](CNC(=O)O)CC3CCCC3)c2F)C1. The molecule has 0 unspecified atom stereocenters. The molecule has 0 aromatic carbocycles. The van der Waals surface area contributed by atoms with Crippen LogP contribution in [0.25, 0.3) is 0 Å². The van der Waals surface area contributed by atoms with Crippen molar-refractivity contribution >= 4 is 47.3 Å². The van der Waals surface area contributed by atoms with Crippen molar-refractivity contribution in [3.8, 4) is 0 Å². The third kappa shape index (κ3) is 12.8. The summed E-state index contributed by atoms with van der Waals surface area (Å²) in [5.41, 5.74) is 10.1. The smallest absolute Gasteiger partial charge is 0.404 e. The summed E-state index contributed by atoms with van der Waals surface area (Å²) >= 11 is 0. The molecular formula is C38H58F2N12O8. The van der Waals surface area contributed by atoms with Gasteiger partial charge in [0.05, 0.1) is 24.0 Å². The lowest BCUT2D eigenvalue weighted by Crippen LogP contribution is -2.52. The van der Waals surface area contributed by atoms with Crippen LogP contribution in [0.1, 0.15) is 75.9 Å². The Balaban J connectivity index is 0.000000228. The van der Waals surface area contributed by atoms with E-state index < -0.39 is 47.5 Å². The Bertz CT molecular complexity index is 1660. The van der Waals surface area contributed by atoms with Crippen molar-refractivity contribution < 1.29 is 47.6 Å². The van der Waals surface area contributed by atoms with Crippen LogP contribution >= 0.6 is 0 Å². The third-order valence-corrected chi connectivity index (χ3v) is 11.4. The molecule has 332 valence electrons. The second kappa shape index (κ2) is 21.7. The number of carboxylic acid groups (broad SMARTS) is 2. The molecule has 60 heavy (non-hydrogen) atoms. The maximum Gasteiger partial charge on any atom is 0.404 e. The molecule has 20 nitrogen and oxygen atoms in total. The zero-order chi connectivity index (χ0) is 43.3. The molecule has 0 radical (unpaired) electrons. The number of anilines is 4. The molecule has 22 heteroatoms. The van der Waals surface area contributed by atoms with Crippen LogP contribution in [0, 0.1) is 49.2 Å². The number of aryl methyl sites for hydroxylation is 2. The molecule has 2 aliphatic carbocycles. The van der Waals surface area contributed by atoms with Crippen molar-refractivity contribution in [3.63, 3.8) is 0 Å². The topological polar surface area (TPSA) is 257 Å². The van der Waals surface area contributed by atoms with Crippen LogP contribution < -0.4 is 42.1 Å². The number of rotatable bonds is 18. The number of amides is 4. The molecule has 4 heterocycles. The van der Waals surface area contributed by atoms with E-state index in [-0.39, 0.29) is 48.6 Å². The van der Waals surface area contributed by atoms with Crippen molar-refractivity contribution in [2.45, 2.75) is 90.3 Å². The third-order valence-electron chi connectivity index (χ3n) is 11.4. The predicted octanol–water partition coefficient (Wildman–Crippen LogP) is 3.33. The van der Waals surface area contributed by atoms with Crippen molar-refractivity contribution in [1.29, 1.82) is 0 Å². The van der Waals surface area contributed by atoms with Gasteiger partial charge in [-0.1, -0.05) is 51.4 Å². The first kappa shape index (κ1) is 45.7. The molecule has 6 rings (SSSR count). The van der Waals surface area contributed by atoms with E-state index in [9.17, 15) is 28.0 Å². The highest BCUT2D eigenvalue weighted by Gasteiger charge is 2.33. The van der Waals surface area contributed by atoms with Crippen molar-refractivity contribution in [3.05, 3.63) is 23.3 Å². The van der Waals surface area contributed by atoms with Gasteiger partial charge in [0, 0.05) is 53.5 Å². The predicted molar refractivity (Wildman–Crippen MR) is 215 cm³/mol. The van der Waals surface area contributed by atoms with Crippen molar-refractivity contribution in [1.82, 2.24) is 41.4 Å². The van der Waals surface area contributed by atoms with Gasteiger partial charge in [-0.25, -0.2) is 29.5 Å². The number of hydrogen-bond donors (Lipinski definition) is 8. The Morgan fingerprint density at radius 1 is 0.650 bits per heavy atom. The van der Waals surface area contributed by atoms with Crippen LogP contribution in [-0.2, 0) is 19.1 Å². The highest BCUT2D eigenvalue weighted by Crippen LogP contribution is 2.32. The maximum absolute atomic E-state index is 14.9. The maximum atomic E-state index is 14.9. The van der Waals surface area contributed by atoms with Gasteiger partial charge < -0.3 is 40.1 Å². The first-order chi connectivity index (χ1) is 28.7. The number of nitrogens with one attached hydrogen (secondary N) is 6. The fourth-order valence-corrected chi connectivity index (χ4v) is 7.92. The normalized spacial score (nSPS) is 18.0. The first-order valence-electron chi connectivity index (χ1n) is 20.4. The molecule has 8 N–H and O–H groups in total. The highest BCUT2D eigenvalue weighted by atomic mass is 19.1. The summed E-state index contributed by atoms with van der Waals surface area (Å²) in [6.07, 6.45) is 7.49. The summed E-state index contributed by atoms with van der Waals surface area (Å²) in [7, 11) is 3.21. The van der Waals surface area contributed by atoms with E-state index in [1.54, 1.807) is 37.9 Å². The molecule has 4 amide bonds. The Hall–Kier alpha value is -5.38. The summed E-state index contributed by atoms with van der Waals surface area (Å²) in [6, 6.07) is 0. The second-order valence-electron chi connectivity index (χ2n) is 15.8. The average molecular weight is 849 g/mol. The van der Waals surface area contributed by atoms with Crippen molar-refractivity contribution in [2.24, 2.45) is 23.7 Å². The molecule has 2 saturated carbocycles. The van der Waals surface area contributed by atoms with Gasteiger partial charge in [-0.3, -0.25) is 31.3 Å². The molecule has 4 aliphatic rings. The summed E-state index contributed by atoms with van der Waals surface area (Å²) < 4.78 is 40.2. The van der Waals surface area contributed by atoms with E-state index >= 15 is 0 Å². The largest absolute Gasteiger partial charge is 0.465 e. The second-order valence-corrected chi connectivity index (χ2v) is 15.8. The lowest BCUT2D eigenvalue weighted by molar-refractivity contribution is -0.125. The lowest BCUT2D eigenvalue weighted by Gasteiger charge is -2.39. The minimum atomic E-state index is -1.18. The van der Waals surface area contributed by atoms with E-state index in [1.807, 2.05) is 0 Å². The molecule has 0 spiro atoms. The van der Waals surface area contributed by atoms with Crippen LogP contribution in [0.15, 0.2) is 0 Å². The number of carbonyl (C=O) groups excluding carboxylic acids is 2. The first-order valence-corrected chi connectivity index (χ1v) is 20.4. The molecule has 2 aliphatic heterocycles. The van der Waals surface area contributed by atoms with Gasteiger partial charge in [-0.05, 0) is 38.5 Å². The standard InChI is InChI=1S/2C19H29FN6O4/c2*1-11-22-16(15(20)17(23-11)26-9-14(10-26)30-2)24-25-18(27)13(8-21-19(28)29)7-12-5-3-4-6-12/h2*12-14,21H,3-10H2,1-2H3,(H,25,27)(H,28,29)(H,22,23,24)/t2*13-/m11/s1. The number of methoxy groups -OCH3 is 2. The Kier molecular flexibility index (Phi) is 16.6. The molecule has 4 fully saturated rings. The van der Waals surface area contributed by atoms with Gasteiger partial charge in [0.2, 0.25) is 23.4 Å². The van der Waals surface area contributed by atoms with Crippen LogP contribution in [0.4, 0.5) is 41.6 Å². The number of aromatic nitrogens is 4. The number of carbonyl (C=O) groups is 4. The number of hydrazine groups is 2. The summed E-state index contributed by atoms with van der Waals surface area (Å²) in [6.45, 7) is 5.40. The van der Waals surface area contributed by atoms with Gasteiger partial charge >= 0.3 is 12.2 Å². The molecule has 2 aromatic heterocycles. The quantitative estimate of drug-likeness (QED) is 0.100. The van der Waals surface area contributed by atoms with E-state index in [2.05, 4.69) is 52.3 Å². The molecule has 2 saturated heterocycles. The summed E-state index contributed by atoms with van der Waals surface area (Å²) in [4.78, 5) is 67.0. The zero-order valence-corrected chi connectivity index (χ0v) is 34.6. The minimum Gasteiger partial charge on any atom is -0.465 e. The van der Waals surface area contributed by atoms with Gasteiger partial charge in [-0.2, -0.15) is 8.78 Å². The summed E-state index contributed by atoms with van der Waals surface area (Å²) in [5, 5.41) is 22.3. The highest BCUT2D eigenvalue weighted by molar-refractivity contribution is 5.81. The van der Waals surface area contributed by atoms with E-state index in [4.69, 9.17) is 19.7 Å². The monoisotopic (exact) mass is 848 g/mol. The van der Waals surface area contributed by atoms with Crippen LogP contribution in [0.2, 0.25) is 0 Å². The Morgan fingerprint density at radius 2 is 1.00 bits per heavy atom. The van der Waals surface area contributed by atoms with E-state index in [0.29, 0.717) is 62.5 Å². The van der Waals surface area contributed by atoms with Crippen LogP contribution in [0.3, 0.4) is 0 Å². The number of hydrogen-bond acceptors (Lipinski definition) is 14. The summed E-state index contributed by atoms with van der Waals surface area (Å²) in [5.74, 6) is -1.69. The van der Waals surface area contributed by atoms with E-state index in [0.717, 1.165) is 51.4 Å². The lowest BCUT2D eigenvalue weighted by atomic mass is 9.92.